The van der Waals surface area contributed by atoms with Crippen molar-refractivity contribution in [3.8, 4) is 29.1 Å². The zero-order chi connectivity index (χ0) is 37.4. The molecule has 1 aliphatic carbocycles. The molecular weight excluding hydrogens is 691 g/mol. The molecule has 12 nitrogen and oxygen atoms in total. The average Bonchev–Trinajstić information content (AvgIpc) is 3.74. The normalized spacial score (nSPS) is 23.7. The second-order valence-corrected chi connectivity index (χ2v) is 16.1. The number of amides is 2. The van der Waals surface area contributed by atoms with Crippen molar-refractivity contribution < 1.29 is 23.9 Å². The lowest BCUT2D eigenvalue weighted by Crippen LogP contribution is -2.61. The molecule has 4 aromatic rings. The smallest absolute Gasteiger partial charge is 0.324 e. The van der Waals surface area contributed by atoms with Gasteiger partial charge in [0, 0.05) is 72.1 Å². The predicted octanol–water partition coefficient (Wildman–Crippen LogP) is 5.94. The molecule has 278 valence electrons. The molecule has 3 aromatic heterocycles. The third-order valence-corrected chi connectivity index (χ3v) is 11.8. The summed E-state index contributed by atoms with van der Waals surface area (Å²) in [6, 6.07) is 8.62. The van der Waals surface area contributed by atoms with Gasteiger partial charge in [-0.25, -0.2) is 10.4 Å². The highest BCUT2D eigenvalue weighted by molar-refractivity contribution is 7.10. The summed E-state index contributed by atoms with van der Waals surface area (Å²) in [5.74, 6) is -1.37. The first kappa shape index (κ1) is 36.7. The van der Waals surface area contributed by atoms with Crippen LogP contribution in [0.5, 0.6) is 0 Å². The number of nitrogens with one attached hydrogen (secondary N) is 2. The van der Waals surface area contributed by atoms with Crippen molar-refractivity contribution in [1.82, 2.24) is 30.3 Å². The summed E-state index contributed by atoms with van der Waals surface area (Å²) < 4.78 is 14.2. The van der Waals surface area contributed by atoms with Crippen LogP contribution in [0, 0.1) is 17.9 Å². The van der Waals surface area contributed by atoms with E-state index in [1.54, 1.807) is 13.3 Å². The van der Waals surface area contributed by atoms with E-state index < -0.39 is 23.5 Å². The maximum absolute atomic E-state index is 14.1. The van der Waals surface area contributed by atoms with Gasteiger partial charge < -0.3 is 19.4 Å². The Morgan fingerprint density at radius 2 is 2.08 bits per heavy atom. The molecule has 3 aliphatic rings. The van der Waals surface area contributed by atoms with Crippen LogP contribution in [0.4, 0.5) is 0 Å². The number of hydrogen-bond donors (Lipinski definition) is 2. The van der Waals surface area contributed by atoms with Gasteiger partial charge in [-0.2, -0.15) is 0 Å². The van der Waals surface area contributed by atoms with Gasteiger partial charge in [0.2, 0.25) is 5.91 Å². The van der Waals surface area contributed by atoms with E-state index in [1.807, 2.05) is 18.4 Å². The number of methoxy groups -OCH3 is 1. The van der Waals surface area contributed by atoms with Crippen LogP contribution in [0.3, 0.4) is 0 Å². The van der Waals surface area contributed by atoms with Gasteiger partial charge in [0.05, 0.1) is 34.8 Å². The van der Waals surface area contributed by atoms with Crippen LogP contribution in [0.2, 0.25) is 0 Å². The van der Waals surface area contributed by atoms with Crippen LogP contribution >= 0.6 is 11.3 Å². The second kappa shape index (κ2) is 15.0. The summed E-state index contributed by atoms with van der Waals surface area (Å²) in [5, 5.41) is 8.25. The molecule has 0 radical (unpaired) electrons. The molecule has 2 amide bonds. The number of thiazole rings is 1. The first-order chi connectivity index (χ1) is 25.5. The Hall–Kier alpha value is -4.64. The first-order valence-corrected chi connectivity index (χ1v) is 19.4. The van der Waals surface area contributed by atoms with E-state index in [-0.39, 0.29) is 42.9 Å². The lowest BCUT2D eigenvalue weighted by Gasteiger charge is -2.36. The van der Waals surface area contributed by atoms with E-state index in [2.05, 4.69) is 65.2 Å². The molecule has 1 aromatic carbocycles. The molecule has 5 heterocycles. The summed E-state index contributed by atoms with van der Waals surface area (Å²) in [6.07, 6.45) is 4.90. The lowest BCUT2D eigenvalue weighted by atomic mass is 9.79. The van der Waals surface area contributed by atoms with Crippen molar-refractivity contribution in [1.29, 1.82) is 0 Å². The van der Waals surface area contributed by atoms with Gasteiger partial charge in [0.1, 0.15) is 18.0 Å². The third-order valence-electron chi connectivity index (χ3n) is 10.9. The summed E-state index contributed by atoms with van der Waals surface area (Å²) in [5.41, 5.74) is 9.54. The number of fused-ring (bicyclic) bond motifs is 6. The minimum Gasteiger partial charge on any atom is -0.464 e. The molecule has 13 heteroatoms. The van der Waals surface area contributed by atoms with Gasteiger partial charge in [-0.15, -0.1) is 11.3 Å². The van der Waals surface area contributed by atoms with Gasteiger partial charge in [0.15, 0.2) is 0 Å². The van der Waals surface area contributed by atoms with E-state index in [1.165, 1.54) is 16.3 Å². The number of pyridine rings is 1. The largest absolute Gasteiger partial charge is 0.464 e. The van der Waals surface area contributed by atoms with Crippen molar-refractivity contribution in [2.75, 3.05) is 20.3 Å². The highest BCUT2D eigenvalue weighted by Crippen LogP contribution is 2.42. The van der Waals surface area contributed by atoms with Crippen LogP contribution in [-0.4, -0.2) is 75.7 Å². The fourth-order valence-corrected chi connectivity index (χ4v) is 8.66. The Morgan fingerprint density at radius 3 is 2.81 bits per heavy atom. The van der Waals surface area contributed by atoms with Crippen molar-refractivity contribution in [2.45, 2.75) is 97.0 Å². The third kappa shape index (κ3) is 7.20. The van der Waals surface area contributed by atoms with E-state index >= 15 is 0 Å². The molecule has 2 aliphatic heterocycles. The quantitative estimate of drug-likeness (QED) is 0.233. The molecule has 53 heavy (non-hydrogen) atoms. The monoisotopic (exact) mass is 738 g/mol. The fourth-order valence-electron chi connectivity index (χ4n) is 7.81. The Labute approximate surface area is 314 Å². The minimum atomic E-state index is -0.904. The van der Waals surface area contributed by atoms with Gasteiger partial charge in [-0.05, 0) is 69.4 Å². The van der Waals surface area contributed by atoms with Crippen LogP contribution in [0.15, 0.2) is 41.9 Å². The number of hydrazine groups is 1. The number of carbonyl (C=O) groups is 3. The minimum absolute atomic E-state index is 0.174. The predicted molar refractivity (Wildman–Crippen MR) is 204 cm³/mol. The number of ether oxygens (including phenoxy) is 2. The lowest BCUT2D eigenvalue weighted by molar-refractivity contribution is -0.155. The van der Waals surface area contributed by atoms with Crippen molar-refractivity contribution in [3.63, 3.8) is 0 Å². The maximum atomic E-state index is 14.1. The van der Waals surface area contributed by atoms with E-state index in [0.29, 0.717) is 37.2 Å². The van der Waals surface area contributed by atoms with Gasteiger partial charge >= 0.3 is 5.97 Å². The van der Waals surface area contributed by atoms with E-state index in [9.17, 15) is 14.4 Å². The van der Waals surface area contributed by atoms with Gasteiger partial charge in [0.25, 0.3) is 18.5 Å². The topological polar surface area (TPSA) is 132 Å². The van der Waals surface area contributed by atoms with Crippen LogP contribution < -0.4 is 10.7 Å². The molecule has 1 saturated heterocycles. The van der Waals surface area contributed by atoms with Crippen molar-refractivity contribution in [2.24, 2.45) is 11.3 Å². The highest BCUT2D eigenvalue weighted by atomic mass is 32.1. The SMILES string of the molecule is C#[N+][C@@H]1CC[C@H]1C(=O)N[C@H]1Cc2nc(cs2)-c2ccc3c(c2)c(c(-c2cccnc2[C@H](C)OC)n3CC)CC(C)(C)COC(=O)[C@@H]2CCCN(N2)C1=O. The molecule has 5 atom stereocenters. The summed E-state index contributed by atoms with van der Waals surface area (Å²) in [6.45, 7) is 15.2. The summed E-state index contributed by atoms with van der Waals surface area (Å²) >= 11 is 1.46. The number of hydrogen-bond acceptors (Lipinski definition) is 9. The Bertz CT molecular complexity index is 2080. The number of rotatable bonds is 6. The Morgan fingerprint density at radius 1 is 1.25 bits per heavy atom. The van der Waals surface area contributed by atoms with Gasteiger partial charge in [-0.3, -0.25) is 24.4 Å². The average molecular weight is 739 g/mol. The van der Waals surface area contributed by atoms with E-state index in [4.69, 9.17) is 26.0 Å². The molecule has 6 bridgehead atoms. The zero-order valence-electron chi connectivity index (χ0n) is 31.1. The maximum Gasteiger partial charge on any atom is 0.324 e. The van der Waals surface area contributed by atoms with Crippen LogP contribution in [0.1, 0.15) is 75.7 Å². The molecule has 2 fully saturated rings. The highest BCUT2D eigenvalue weighted by Gasteiger charge is 2.46. The number of esters is 1. The number of benzene rings is 1. The Kier molecular flexibility index (Phi) is 10.4. The van der Waals surface area contributed by atoms with Crippen LogP contribution in [0.25, 0.3) is 38.3 Å². The molecule has 7 rings (SSSR count). The molecule has 0 spiro atoms. The zero-order valence-corrected chi connectivity index (χ0v) is 31.9. The van der Waals surface area contributed by atoms with Crippen molar-refractivity contribution >= 4 is 40.0 Å². The molecule has 1 saturated carbocycles. The van der Waals surface area contributed by atoms with E-state index in [0.717, 1.165) is 57.6 Å². The second-order valence-electron chi connectivity index (χ2n) is 15.2. The first-order valence-electron chi connectivity index (χ1n) is 18.5. The summed E-state index contributed by atoms with van der Waals surface area (Å²) in [7, 11) is 1.69. The van der Waals surface area contributed by atoms with Crippen LogP contribution in [-0.2, 0) is 43.2 Å². The summed E-state index contributed by atoms with van der Waals surface area (Å²) in [4.78, 5) is 54.8. The number of cyclic esters (lactones) is 1. The molecule has 0 unspecified atom stereocenters. The van der Waals surface area contributed by atoms with Crippen molar-refractivity contribution in [3.05, 3.63) is 63.0 Å². The number of aryl methyl sites for hydroxylation is 1. The Balaban J connectivity index is 1.34. The van der Waals surface area contributed by atoms with Gasteiger partial charge in [-0.1, -0.05) is 24.8 Å². The molecule has 2 N–H and O–H groups in total. The molecular formula is C40H48N7O5S+. The number of carbonyl (C=O) groups excluding carboxylic acids is 3. The standard InChI is InChI=1S/C40H47N7O5S/c1-7-46-33-15-12-24-18-27(33)28(36(46)26-10-8-16-42-35(26)23(2)51-6)20-40(3,4)22-52-39(50)30-11-9-17-47(45-30)38(49)31(19-34-43-32(24)21-53-34)44-37(48)25-13-14-29(25)41-5/h5,8,10,12,15-16,18,21,23,25,29-31,45H,7,9,11,13-14,17,19-20,22H2,1-4,6H3/p+1/t23-,25+,29+,30-,31-/m0/s1. The number of nitrogens with zero attached hydrogens (tertiary/aromatic N) is 5. The number of aromatic nitrogens is 3. The fraction of sp³-hybridized carbons (Fsp3) is 0.500.